The Morgan fingerprint density at radius 2 is 1.87 bits per heavy atom. The van der Waals surface area contributed by atoms with Crippen LogP contribution >= 0.6 is 0 Å². The molecular formula is C14H15N. The van der Waals surface area contributed by atoms with Crippen LogP contribution in [0.1, 0.15) is 36.8 Å². The average molecular weight is 197 g/mol. The SMILES string of the molecule is N#C/C=C1\CCCCCc2ccccc21. The van der Waals surface area contributed by atoms with Crippen LogP contribution < -0.4 is 0 Å². The lowest BCUT2D eigenvalue weighted by Gasteiger charge is -2.15. The molecule has 0 aliphatic heterocycles. The summed E-state index contributed by atoms with van der Waals surface area (Å²) >= 11 is 0. The lowest BCUT2D eigenvalue weighted by molar-refractivity contribution is 0.680. The van der Waals surface area contributed by atoms with Gasteiger partial charge in [-0.1, -0.05) is 30.7 Å². The Morgan fingerprint density at radius 3 is 2.73 bits per heavy atom. The number of nitrogens with zero attached hydrogens (tertiary/aromatic N) is 1. The Bertz CT molecular complexity index is 410. The van der Waals surface area contributed by atoms with Crippen molar-refractivity contribution >= 4 is 5.57 Å². The summed E-state index contributed by atoms with van der Waals surface area (Å²) in [5.74, 6) is 0. The van der Waals surface area contributed by atoms with Crippen molar-refractivity contribution in [2.75, 3.05) is 0 Å². The third-order valence-corrected chi connectivity index (χ3v) is 2.99. The largest absolute Gasteiger partial charge is 0.193 e. The Morgan fingerprint density at radius 1 is 1.07 bits per heavy atom. The summed E-state index contributed by atoms with van der Waals surface area (Å²) in [7, 11) is 0. The van der Waals surface area contributed by atoms with Crippen LogP contribution in [-0.2, 0) is 6.42 Å². The highest BCUT2D eigenvalue weighted by molar-refractivity contribution is 5.70. The number of rotatable bonds is 0. The van der Waals surface area contributed by atoms with E-state index in [0.717, 1.165) is 12.8 Å². The Hall–Kier alpha value is -1.55. The molecule has 1 aromatic carbocycles. The van der Waals surface area contributed by atoms with Crippen molar-refractivity contribution in [3.63, 3.8) is 0 Å². The van der Waals surface area contributed by atoms with Gasteiger partial charge in [0.15, 0.2) is 0 Å². The normalized spacial score (nSPS) is 18.7. The highest BCUT2D eigenvalue weighted by atomic mass is 14.2. The molecule has 0 saturated carbocycles. The third-order valence-electron chi connectivity index (χ3n) is 2.99. The number of hydrogen-bond donors (Lipinski definition) is 0. The first-order valence-electron chi connectivity index (χ1n) is 5.59. The van der Waals surface area contributed by atoms with Crippen LogP contribution in [0.2, 0.25) is 0 Å². The highest BCUT2D eigenvalue weighted by Gasteiger charge is 2.10. The molecule has 0 heterocycles. The van der Waals surface area contributed by atoms with E-state index in [4.69, 9.17) is 5.26 Å². The molecule has 0 saturated heterocycles. The van der Waals surface area contributed by atoms with Crippen molar-refractivity contribution in [2.24, 2.45) is 0 Å². The standard InChI is InChI=1S/C14H15N/c15-11-10-13-7-3-1-2-6-12-8-4-5-9-14(12)13/h4-5,8-10H,1-3,6-7H2/b13-10+. The van der Waals surface area contributed by atoms with E-state index >= 15 is 0 Å². The zero-order valence-corrected chi connectivity index (χ0v) is 8.87. The molecule has 1 aromatic rings. The lowest BCUT2D eigenvalue weighted by atomic mass is 9.89. The smallest absolute Gasteiger partial charge is 0.0915 e. The zero-order valence-electron chi connectivity index (χ0n) is 8.87. The van der Waals surface area contributed by atoms with Crippen LogP contribution in [0.5, 0.6) is 0 Å². The maximum Gasteiger partial charge on any atom is 0.0915 e. The molecule has 0 unspecified atom stereocenters. The molecular weight excluding hydrogens is 182 g/mol. The number of allylic oxidation sites excluding steroid dienone is 2. The van der Waals surface area contributed by atoms with Crippen LogP contribution in [0.25, 0.3) is 5.57 Å². The second-order valence-electron chi connectivity index (χ2n) is 4.02. The van der Waals surface area contributed by atoms with Crippen molar-refractivity contribution in [1.29, 1.82) is 5.26 Å². The van der Waals surface area contributed by atoms with Crippen LogP contribution in [-0.4, -0.2) is 0 Å². The van der Waals surface area contributed by atoms with Gasteiger partial charge in [-0.25, -0.2) is 0 Å². The molecule has 2 rings (SSSR count). The van der Waals surface area contributed by atoms with Gasteiger partial charge in [0.05, 0.1) is 6.07 Å². The van der Waals surface area contributed by atoms with Crippen LogP contribution in [0, 0.1) is 11.3 Å². The summed E-state index contributed by atoms with van der Waals surface area (Å²) in [5, 5.41) is 8.78. The quantitative estimate of drug-likeness (QED) is 0.582. The van der Waals surface area contributed by atoms with E-state index in [9.17, 15) is 0 Å². The first-order valence-corrected chi connectivity index (χ1v) is 5.59. The molecule has 0 fully saturated rings. The minimum atomic E-state index is 1.05. The van der Waals surface area contributed by atoms with Gasteiger partial charge in [0, 0.05) is 6.08 Å². The molecule has 76 valence electrons. The predicted molar refractivity (Wildman–Crippen MR) is 62.2 cm³/mol. The van der Waals surface area contributed by atoms with Crippen molar-refractivity contribution in [3.05, 3.63) is 41.5 Å². The Balaban J connectivity index is 2.44. The van der Waals surface area contributed by atoms with Gasteiger partial charge in [0.25, 0.3) is 0 Å². The van der Waals surface area contributed by atoms with E-state index in [1.165, 1.54) is 36.0 Å². The second-order valence-corrected chi connectivity index (χ2v) is 4.02. The molecule has 0 bridgehead atoms. The van der Waals surface area contributed by atoms with Gasteiger partial charge in [0.2, 0.25) is 0 Å². The molecule has 1 nitrogen and oxygen atoms in total. The fourth-order valence-electron chi connectivity index (χ4n) is 2.22. The summed E-state index contributed by atoms with van der Waals surface area (Å²) in [6, 6.07) is 10.6. The maximum absolute atomic E-state index is 8.78. The third kappa shape index (κ3) is 2.27. The second kappa shape index (κ2) is 4.79. The van der Waals surface area contributed by atoms with Gasteiger partial charge in [-0.3, -0.25) is 0 Å². The fourth-order valence-corrected chi connectivity index (χ4v) is 2.22. The van der Waals surface area contributed by atoms with E-state index in [1.54, 1.807) is 6.08 Å². The van der Waals surface area contributed by atoms with Crippen molar-refractivity contribution < 1.29 is 0 Å². The summed E-state index contributed by atoms with van der Waals surface area (Å²) < 4.78 is 0. The first kappa shape index (κ1) is 9.98. The van der Waals surface area contributed by atoms with Gasteiger partial charge >= 0.3 is 0 Å². The number of benzene rings is 1. The Labute approximate surface area is 91.0 Å². The molecule has 0 amide bonds. The van der Waals surface area contributed by atoms with Gasteiger partial charge in [-0.2, -0.15) is 5.26 Å². The molecule has 0 spiro atoms. The number of hydrogen-bond acceptors (Lipinski definition) is 1. The van der Waals surface area contributed by atoms with E-state index < -0.39 is 0 Å². The van der Waals surface area contributed by atoms with Crippen LogP contribution in [0.15, 0.2) is 30.3 Å². The molecule has 1 aliphatic carbocycles. The summed E-state index contributed by atoms with van der Waals surface area (Å²) in [6.45, 7) is 0. The first-order chi connectivity index (χ1) is 7.42. The minimum absolute atomic E-state index is 1.05. The van der Waals surface area contributed by atoms with Crippen LogP contribution in [0.4, 0.5) is 0 Å². The lowest BCUT2D eigenvalue weighted by Crippen LogP contribution is -1.98. The minimum Gasteiger partial charge on any atom is -0.193 e. The summed E-state index contributed by atoms with van der Waals surface area (Å²) in [4.78, 5) is 0. The average Bonchev–Trinajstić information content (AvgIpc) is 2.24. The summed E-state index contributed by atoms with van der Waals surface area (Å²) in [5.41, 5.74) is 3.91. The molecule has 0 aromatic heterocycles. The van der Waals surface area contributed by atoms with Gasteiger partial charge in [0.1, 0.15) is 0 Å². The van der Waals surface area contributed by atoms with Crippen molar-refractivity contribution in [2.45, 2.75) is 32.1 Å². The van der Waals surface area contributed by atoms with E-state index in [2.05, 4.69) is 30.3 Å². The molecule has 0 radical (unpaired) electrons. The van der Waals surface area contributed by atoms with E-state index in [-0.39, 0.29) is 0 Å². The van der Waals surface area contributed by atoms with E-state index in [1.807, 2.05) is 0 Å². The molecule has 1 heteroatoms. The fraction of sp³-hybridized carbons (Fsp3) is 0.357. The topological polar surface area (TPSA) is 23.8 Å². The zero-order chi connectivity index (χ0) is 10.5. The van der Waals surface area contributed by atoms with E-state index in [0.29, 0.717) is 0 Å². The number of nitriles is 1. The molecule has 15 heavy (non-hydrogen) atoms. The number of fused-ring (bicyclic) bond motifs is 1. The molecule has 0 atom stereocenters. The summed E-state index contributed by atoms with van der Waals surface area (Å²) in [6.07, 6.45) is 7.67. The molecule has 1 aliphatic rings. The number of aryl methyl sites for hydroxylation is 1. The molecule has 0 N–H and O–H groups in total. The predicted octanol–water partition coefficient (Wildman–Crippen LogP) is 3.71. The van der Waals surface area contributed by atoms with Gasteiger partial charge < -0.3 is 0 Å². The monoisotopic (exact) mass is 197 g/mol. The van der Waals surface area contributed by atoms with Crippen LogP contribution in [0.3, 0.4) is 0 Å². The van der Waals surface area contributed by atoms with Gasteiger partial charge in [-0.15, -0.1) is 0 Å². The maximum atomic E-state index is 8.78. The van der Waals surface area contributed by atoms with Gasteiger partial charge in [-0.05, 0) is 42.4 Å². The Kier molecular flexibility index (Phi) is 3.19. The highest BCUT2D eigenvalue weighted by Crippen LogP contribution is 2.28. The van der Waals surface area contributed by atoms with Crippen molar-refractivity contribution in [3.8, 4) is 6.07 Å². The van der Waals surface area contributed by atoms with Crippen molar-refractivity contribution in [1.82, 2.24) is 0 Å².